The predicted octanol–water partition coefficient (Wildman–Crippen LogP) is 0.566. The summed E-state index contributed by atoms with van der Waals surface area (Å²) in [5.41, 5.74) is 0. The van der Waals surface area contributed by atoms with Crippen molar-refractivity contribution in [1.29, 1.82) is 0 Å². The van der Waals surface area contributed by atoms with Crippen LogP contribution in [0.25, 0.3) is 0 Å². The topological polar surface area (TPSA) is 29.1 Å². The van der Waals surface area contributed by atoms with E-state index < -0.39 is 0 Å². The lowest BCUT2D eigenvalue weighted by atomic mass is 10.6. The van der Waals surface area contributed by atoms with Gasteiger partial charge < -0.3 is 5.32 Å². The van der Waals surface area contributed by atoms with Crippen molar-refractivity contribution in [2.24, 2.45) is 0 Å². The summed E-state index contributed by atoms with van der Waals surface area (Å²) in [6.07, 6.45) is 1.37. The summed E-state index contributed by atoms with van der Waals surface area (Å²) in [5.74, 6) is -0.0949. The van der Waals surface area contributed by atoms with E-state index in [9.17, 15) is 4.79 Å². The highest BCUT2D eigenvalue weighted by Gasteiger charge is 1.85. The lowest BCUT2D eigenvalue weighted by molar-refractivity contribution is -0.116. The van der Waals surface area contributed by atoms with Gasteiger partial charge in [-0.25, -0.2) is 0 Å². The van der Waals surface area contributed by atoms with Crippen LogP contribution in [0.2, 0.25) is 0 Å². The standard InChI is InChI=1S/C5H9NOS/c1-2-6-5(7)3-4-8/h3-4,8H,2H2,1H3,(H,6,7)/b4-3-. The van der Waals surface area contributed by atoms with Crippen LogP contribution >= 0.6 is 12.6 Å². The average Bonchev–Trinajstić information content (AvgIpc) is 1.68. The minimum absolute atomic E-state index is 0.0949. The van der Waals surface area contributed by atoms with Crippen molar-refractivity contribution in [2.45, 2.75) is 6.92 Å². The molecule has 0 spiro atoms. The fourth-order valence-corrected chi connectivity index (χ4v) is 0.436. The van der Waals surface area contributed by atoms with Gasteiger partial charge in [0.1, 0.15) is 0 Å². The van der Waals surface area contributed by atoms with Gasteiger partial charge in [-0.1, -0.05) is 0 Å². The zero-order valence-electron chi connectivity index (χ0n) is 4.72. The lowest BCUT2D eigenvalue weighted by Crippen LogP contribution is -2.19. The Balaban J connectivity index is 3.33. The molecule has 0 fully saturated rings. The fraction of sp³-hybridized carbons (Fsp3) is 0.400. The predicted molar refractivity (Wildman–Crippen MR) is 36.8 cm³/mol. The first-order chi connectivity index (χ1) is 3.81. The summed E-state index contributed by atoms with van der Waals surface area (Å²) in [5, 5.41) is 3.98. The molecule has 1 N–H and O–H groups in total. The SMILES string of the molecule is CCNC(=O)/C=C\S. The maximum absolute atomic E-state index is 10.4. The summed E-state index contributed by atoms with van der Waals surface area (Å²) >= 11 is 3.71. The fourth-order valence-electron chi connectivity index (χ4n) is 0.301. The van der Waals surface area contributed by atoms with Crippen molar-refractivity contribution >= 4 is 18.5 Å². The molecule has 0 saturated carbocycles. The van der Waals surface area contributed by atoms with E-state index in [4.69, 9.17) is 0 Å². The zero-order chi connectivity index (χ0) is 6.41. The van der Waals surface area contributed by atoms with Crippen LogP contribution in [-0.2, 0) is 4.79 Å². The van der Waals surface area contributed by atoms with Gasteiger partial charge in [-0.15, -0.1) is 0 Å². The van der Waals surface area contributed by atoms with Gasteiger partial charge in [0.25, 0.3) is 0 Å². The van der Waals surface area contributed by atoms with E-state index in [1.165, 1.54) is 11.5 Å². The molecule has 0 aliphatic carbocycles. The van der Waals surface area contributed by atoms with E-state index in [0.29, 0.717) is 6.54 Å². The zero-order valence-corrected chi connectivity index (χ0v) is 5.61. The van der Waals surface area contributed by atoms with Crippen LogP contribution in [0.15, 0.2) is 11.5 Å². The molecule has 0 heterocycles. The van der Waals surface area contributed by atoms with Gasteiger partial charge in [-0.05, 0) is 12.3 Å². The molecular formula is C5H9NOS. The van der Waals surface area contributed by atoms with Crippen LogP contribution in [0.1, 0.15) is 6.92 Å². The smallest absolute Gasteiger partial charge is 0.244 e. The van der Waals surface area contributed by atoms with Crippen molar-refractivity contribution in [1.82, 2.24) is 5.32 Å². The molecule has 0 atom stereocenters. The maximum atomic E-state index is 10.4. The van der Waals surface area contributed by atoms with Crippen LogP contribution in [0, 0.1) is 0 Å². The second-order valence-electron chi connectivity index (χ2n) is 1.21. The van der Waals surface area contributed by atoms with Crippen LogP contribution in [-0.4, -0.2) is 12.5 Å². The number of carbonyl (C=O) groups is 1. The van der Waals surface area contributed by atoms with E-state index >= 15 is 0 Å². The third-order valence-corrected chi connectivity index (χ3v) is 0.726. The van der Waals surface area contributed by atoms with E-state index in [2.05, 4.69) is 17.9 Å². The Kier molecular flexibility index (Phi) is 4.45. The Bertz CT molecular complexity index is 101. The lowest BCUT2D eigenvalue weighted by Gasteiger charge is -1.91. The summed E-state index contributed by atoms with van der Waals surface area (Å²) < 4.78 is 0. The van der Waals surface area contributed by atoms with Crippen molar-refractivity contribution in [3.05, 3.63) is 11.5 Å². The van der Waals surface area contributed by atoms with Crippen molar-refractivity contribution in [2.75, 3.05) is 6.54 Å². The summed E-state index contributed by atoms with van der Waals surface area (Å²) in [4.78, 5) is 10.4. The monoisotopic (exact) mass is 131 g/mol. The molecule has 0 radical (unpaired) electrons. The molecule has 2 nitrogen and oxygen atoms in total. The number of carbonyl (C=O) groups excluding carboxylic acids is 1. The van der Waals surface area contributed by atoms with E-state index in [-0.39, 0.29) is 5.91 Å². The molecule has 46 valence electrons. The van der Waals surface area contributed by atoms with Crippen LogP contribution in [0.4, 0.5) is 0 Å². The molecule has 0 aliphatic heterocycles. The Morgan fingerprint density at radius 3 is 2.88 bits per heavy atom. The Hall–Kier alpha value is -0.440. The number of likely N-dealkylation sites (N-methyl/N-ethyl adjacent to an activating group) is 1. The average molecular weight is 131 g/mol. The van der Waals surface area contributed by atoms with Gasteiger partial charge in [-0.3, -0.25) is 4.79 Å². The molecule has 0 aliphatic rings. The first kappa shape index (κ1) is 7.56. The molecule has 0 saturated heterocycles. The van der Waals surface area contributed by atoms with Gasteiger partial charge in [-0.2, -0.15) is 12.6 Å². The third kappa shape index (κ3) is 3.74. The minimum Gasteiger partial charge on any atom is -0.353 e. The van der Waals surface area contributed by atoms with Crippen molar-refractivity contribution in [3.63, 3.8) is 0 Å². The molecule has 0 aromatic heterocycles. The van der Waals surface area contributed by atoms with Gasteiger partial charge in [0.2, 0.25) is 5.91 Å². The molecule has 1 amide bonds. The quantitative estimate of drug-likeness (QED) is 0.416. The molecule has 0 aromatic carbocycles. The number of thiol groups is 1. The second-order valence-corrected chi connectivity index (χ2v) is 1.51. The highest BCUT2D eigenvalue weighted by molar-refractivity contribution is 7.83. The largest absolute Gasteiger partial charge is 0.353 e. The normalized spacial score (nSPS) is 9.75. The molecular weight excluding hydrogens is 122 g/mol. The maximum Gasteiger partial charge on any atom is 0.244 e. The minimum atomic E-state index is -0.0949. The van der Waals surface area contributed by atoms with Gasteiger partial charge in [0, 0.05) is 12.6 Å². The number of amides is 1. The van der Waals surface area contributed by atoms with Crippen LogP contribution < -0.4 is 5.32 Å². The van der Waals surface area contributed by atoms with E-state index in [1.54, 1.807) is 0 Å². The van der Waals surface area contributed by atoms with Crippen molar-refractivity contribution < 1.29 is 4.79 Å². The van der Waals surface area contributed by atoms with Crippen molar-refractivity contribution in [3.8, 4) is 0 Å². The van der Waals surface area contributed by atoms with E-state index in [0.717, 1.165) is 0 Å². The Labute approximate surface area is 54.4 Å². The number of rotatable bonds is 2. The third-order valence-electron chi connectivity index (χ3n) is 0.577. The van der Waals surface area contributed by atoms with Gasteiger partial charge in [0.05, 0.1) is 0 Å². The molecule has 0 bridgehead atoms. The second kappa shape index (κ2) is 4.71. The summed E-state index contributed by atoms with van der Waals surface area (Å²) in [6, 6.07) is 0. The highest BCUT2D eigenvalue weighted by atomic mass is 32.1. The molecule has 3 heteroatoms. The summed E-state index contributed by atoms with van der Waals surface area (Å²) in [6.45, 7) is 2.53. The van der Waals surface area contributed by atoms with Crippen LogP contribution in [0.3, 0.4) is 0 Å². The number of hydrogen-bond acceptors (Lipinski definition) is 2. The molecule has 0 aromatic rings. The number of nitrogens with one attached hydrogen (secondary N) is 1. The first-order valence-corrected chi connectivity index (χ1v) is 2.91. The van der Waals surface area contributed by atoms with E-state index in [1.807, 2.05) is 6.92 Å². The molecule has 8 heavy (non-hydrogen) atoms. The highest BCUT2D eigenvalue weighted by Crippen LogP contribution is 1.75. The Morgan fingerprint density at radius 1 is 1.88 bits per heavy atom. The van der Waals surface area contributed by atoms with Gasteiger partial charge in [0.15, 0.2) is 0 Å². The van der Waals surface area contributed by atoms with Gasteiger partial charge >= 0.3 is 0 Å². The summed E-state index contributed by atoms with van der Waals surface area (Å²) in [7, 11) is 0. The number of hydrogen-bond donors (Lipinski definition) is 2. The Morgan fingerprint density at radius 2 is 2.50 bits per heavy atom. The molecule has 0 rings (SSSR count). The molecule has 0 unspecified atom stereocenters. The first-order valence-electron chi connectivity index (χ1n) is 2.39. The van der Waals surface area contributed by atoms with Crippen LogP contribution in [0.5, 0.6) is 0 Å².